The summed E-state index contributed by atoms with van der Waals surface area (Å²) in [6.45, 7) is 4.22. The molecule has 0 radical (unpaired) electrons. The molecule has 0 spiro atoms. The van der Waals surface area contributed by atoms with Crippen molar-refractivity contribution in [2.24, 2.45) is 11.8 Å². The van der Waals surface area contributed by atoms with Crippen molar-refractivity contribution >= 4 is 23.2 Å². The highest BCUT2D eigenvalue weighted by molar-refractivity contribution is 6.25. The van der Waals surface area contributed by atoms with Crippen molar-refractivity contribution in [3.8, 4) is 12.3 Å². The second-order valence-electron chi connectivity index (χ2n) is 6.74. The highest BCUT2D eigenvalue weighted by atomic mass is 35.5. The van der Waals surface area contributed by atoms with Gasteiger partial charge in [0.05, 0.1) is 12.2 Å². The number of rotatable bonds is 13. The summed E-state index contributed by atoms with van der Waals surface area (Å²) in [6.07, 6.45) is 12.6. The van der Waals surface area contributed by atoms with Gasteiger partial charge in [0.2, 0.25) is 0 Å². The number of aliphatic hydroxyl groups is 2. The van der Waals surface area contributed by atoms with Crippen LogP contribution in [0.25, 0.3) is 0 Å². The van der Waals surface area contributed by atoms with Crippen LogP contribution in [0, 0.1) is 24.2 Å². The SMILES string of the molecule is C#CCCC/C(=C\Cl)C[C@H](O)CC[C@@H](C)C[C@@H](C)[C@@H](O)C/C=C/Cl. The largest absolute Gasteiger partial charge is 0.393 e. The van der Waals surface area contributed by atoms with Crippen LogP contribution in [0.4, 0.5) is 0 Å². The smallest absolute Gasteiger partial charge is 0.0600 e. The minimum absolute atomic E-state index is 0.215. The van der Waals surface area contributed by atoms with E-state index in [1.807, 2.05) is 0 Å². The topological polar surface area (TPSA) is 40.5 Å². The zero-order valence-corrected chi connectivity index (χ0v) is 16.4. The van der Waals surface area contributed by atoms with Gasteiger partial charge in [-0.3, -0.25) is 0 Å². The molecule has 4 atom stereocenters. The number of unbranched alkanes of at least 4 members (excludes halogenated alkanes) is 1. The van der Waals surface area contributed by atoms with E-state index < -0.39 is 0 Å². The van der Waals surface area contributed by atoms with Crippen LogP contribution >= 0.6 is 23.2 Å². The van der Waals surface area contributed by atoms with E-state index in [2.05, 4.69) is 19.8 Å². The van der Waals surface area contributed by atoms with E-state index in [0.717, 1.165) is 44.1 Å². The lowest BCUT2D eigenvalue weighted by atomic mass is 9.88. The number of hydrogen-bond acceptors (Lipinski definition) is 2. The molecule has 4 heteroatoms. The first-order valence-electron chi connectivity index (χ1n) is 8.77. The normalized spacial score (nSPS) is 17.5. The fourth-order valence-corrected chi connectivity index (χ4v) is 3.13. The van der Waals surface area contributed by atoms with Crippen molar-refractivity contribution < 1.29 is 10.2 Å². The molecule has 138 valence electrons. The van der Waals surface area contributed by atoms with E-state index in [1.165, 1.54) is 5.54 Å². The van der Waals surface area contributed by atoms with Gasteiger partial charge in [0.25, 0.3) is 0 Å². The van der Waals surface area contributed by atoms with Crippen LogP contribution in [0.5, 0.6) is 0 Å². The summed E-state index contributed by atoms with van der Waals surface area (Å²) in [5, 5.41) is 20.2. The first-order chi connectivity index (χ1) is 11.4. The summed E-state index contributed by atoms with van der Waals surface area (Å²) >= 11 is 11.3. The highest BCUT2D eigenvalue weighted by Crippen LogP contribution is 2.24. The quantitative estimate of drug-likeness (QED) is 0.324. The second kappa shape index (κ2) is 14.8. The van der Waals surface area contributed by atoms with Crippen molar-refractivity contribution in [3.05, 3.63) is 22.7 Å². The minimum Gasteiger partial charge on any atom is -0.393 e. The van der Waals surface area contributed by atoms with E-state index in [9.17, 15) is 10.2 Å². The average molecular weight is 375 g/mol. The van der Waals surface area contributed by atoms with Gasteiger partial charge in [0.1, 0.15) is 0 Å². The van der Waals surface area contributed by atoms with E-state index in [1.54, 1.807) is 11.6 Å². The Kier molecular flexibility index (Phi) is 14.6. The fraction of sp³-hybridized carbons (Fsp3) is 0.700. The van der Waals surface area contributed by atoms with Crippen molar-refractivity contribution in [2.75, 3.05) is 0 Å². The van der Waals surface area contributed by atoms with Gasteiger partial charge >= 0.3 is 0 Å². The van der Waals surface area contributed by atoms with E-state index in [0.29, 0.717) is 18.8 Å². The Hall–Kier alpha value is -0.460. The maximum absolute atomic E-state index is 10.2. The molecule has 0 fully saturated rings. The molecule has 0 aromatic carbocycles. The first kappa shape index (κ1) is 23.5. The van der Waals surface area contributed by atoms with Crippen LogP contribution in [0.1, 0.15) is 65.2 Å². The Morgan fingerprint density at radius 2 is 1.92 bits per heavy atom. The molecular weight excluding hydrogens is 343 g/mol. The van der Waals surface area contributed by atoms with Crippen LogP contribution in [0.2, 0.25) is 0 Å². The molecular formula is C20H32Cl2O2. The molecule has 0 aromatic heterocycles. The Morgan fingerprint density at radius 3 is 2.50 bits per heavy atom. The Bertz CT molecular complexity index is 412. The van der Waals surface area contributed by atoms with Crippen LogP contribution in [0.3, 0.4) is 0 Å². The summed E-state index contributed by atoms with van der Waals surface area (Å²) in [5.41, 5.74) is 4.08. The third kappa shape index (κ3) is 12.0. The molecule has 0 aliphatic rings. The summed E-state index contributed by atoms with van der Waals surface area (Å²) in [5.74, 6) is 3.28. The molecule has 0 bridgehead atoms. The second-order valence-corrected chi connectivity index (χ2v) is 7.21. The van der Waals surface area contributed by atoms with Crippen molar-refractivity contribution in [3.63, 3.8) is 0 Å². The molecule has 2 N–H and O–H groups in total. The third-order valence-electron chi connectivity index (χ3n) is 4.36. The first-order valence-corrected chi connectivity index (χ1v) is 9.64. The van der Waals surface area contributed by atoms with Crippen LogP contribution in [0.15, 0.2) is 22.7 Å². The number of terminal acetylenes is 1. The predicted molar refractivity (Wildman–Crippen MR) is 105 cm³/mol. The van der Waals surface area contributed by atoms with Gasteiger partial charge in [-0.1, -0.05) is 48.7 Å². The molecule has 0 aromatic rings. The van der Waals surface area contributed by atoms with Crippen LogP contribution in [-0.2, 0) is 0 Å². The highest BCUT2D eigenvalue weighted by Gasteiger charge is 2.17. The van der Waals surface area contributed by atoms with Gasteiger partial charge in [-0.25, -0.2) is 0 Å². The Labute approximate surface area is 157 Å². The molecule has 24 heavy (non-hydrogen) atoms. The zero-order chi connectivity index (χ0) is 18.4. The number of aliphatic hydroxyl groups excluding tert-OH is 2. The molecule has 0 heterocycles. The van der Waals surface area contributed by atoms with Gasteiger partial charge in [0, 0.05) is 17.5 Å². The summed E-state index contributed by atoms with van der Waals surface area (Å²) in [6, 6.07) is 0. The molecule has 0 saturated carbocycles. The summed E-state index contributed by atoms with van der Waals surface area (Å²) in [4.78, 5) is 0. The molecule has 0 unspecified atom stereocenters. The summed E-state index contributed by atoms with van der Waals surface area (Å²) in [7, 11) is 0. The number of halogens is 2. The van der Waals surface area contributed by atoms with Crippen LogP contribution < -0.4 is 0 Å². The lowest BCUT2D eigenvalue weighted by Crippen LogP contribution is -2.20. The lowest BCUT2D eigenvalue weighted by Gasteiger charge is -2.22. The fourth-order valence-electron chi connectivity index (χ4n) is 2.83. The molecule has 2 nitrogen and oxygen atoms in total. The lowest BCUT2D eigenvalue weighted by molar-refractivity contribution is 0.100. The monoisotopic (exact) mass is 374 g/mol. The van der Waals surface area contributed by atoms with Gasteiger partial charge in [0.15, 0.2) is 0 Å². The van der Waals surface area contributed by atoms with E-state index in [-0.39, 0.29) is 18.1 Å². The predicted octanol–water partition coefficient (Wildman–Crippen LogP) is 5.61. The third-order valence-corrected chi connectivity index (χ3v) is 4.85. The van der Waals surface area contributed by atoms with Gasteiger partial charge in [-0.2, -0.15) is 0 Å². The van der Waals surface area contributed by atoms with E-state index >= 15 is 0 Å². The van der Waals surface area contributed by atoms with Gasteiger partial charge < -0.3 is 10.2 Å². The molecule has 0 saturated heterocycles. The van der Waals surface area contributed by atoms with Crippen molar-refractivity contribution in [2.45, 2.75) is 77.4 Å². The number of hydrogen-bond donors (Lipinski definition) is 2. The van der Waals surface area contributed by atoms with Gasteiger partial charge in [-0.15, -0.1) is 12.3 Å². The van der Waals surface area contributed by atoms with Crippen molar-refractivity contribution in [1.82, 2.24) is 0 Å². The Morgan fingerprint density at radius 1 is 1.21 bits per heavy atom. The standard InChI is InChI=1S/C20H32Cl2O2/c1-4-5-6-8-18(15-22)14-19(23)11-10-16(2)13-17(3)20(24)9-7-12-21/h1,7,12,15-17,19-20,23-24H,5-6,8-11,13-14H2,2-3H3/b12-7+,18-15+/t16-,17-,19-,20+/m1/s1. The van der Waals surface area contributed by atoms with E-state index in [4.69, 9.17) is 29.6 Å². The zero-order valence-electron chi connectivity index (χ0n) is 14.9. The average Bonchev–Trinajstić information content (AvgIpc) is 2.56. The maximum Gasteiger partial charge on any atom is 0.0600 e. The maximum atomic E-state index is 10.2. The molecule has 0 rings (SSSR count). The minimum atomic E-state index is -0.373. The summed E-state index contributed by atoms with van der Waals surface area (Å²) < 4.78 is 0. The van der Waals surface area contributed by atoms with Crippen molar-refractivity contribution in [1.29, 1.82) is 0 Å². The van der Waals surface area contributed by atoms with Gasteiger partial charge in [-0.05, 0) is 56.8 Å². The Balaban J connectivity index is 4.07. The van der Waals surface area contributed by atoms with Crippen LogP contribution in [-0.4, -0.2) is 22.4 Å². The molecule has 0 aliphatic carbocycles. The molecule has 0 aliphatic heterocycles. The molecule has 0 amide bonds.